The number of hydrogen-bond acceptors (Lipinski definition) is 3. The van der Waals surface area contributed by atoms with E-state index in [1.54, 1.807) is 18.6 Å². The summed E-state index contributed by atoms with van der Waals surface area (Å²) in [4.78, 5) is 22.8. The summed E-state index contributed by atoms with van der Waals surface area (Å²) in [6.07, 6.45) is 7.01. The molecule has 0 saturated heterocycles. The van der Waals surface area contributed by atoms with Crippen molar-refractivity contribution in [3.63, 3.8) is 0 Å². The number of aromatic carboxylic acids is 1. The molecule has 2 N–H and O–H groups in total. The van der Waals surface area contributed by atoms with Gasteiger partial charge in [0.15, 0.2) is 0 Å². The minimum atomic E-state index is -1.09. The smallest absolute Gasteiger partial charge is 0.337 e. The van der Waals surface area contributed by atoms with Crippen LogP contribution in [0.5, 0.6) is 0 Å². The van der Waals surface area contributed by atoms with Crippen molar-refractivity contribution in [2.24, 2.45) is 0 Å². The SMILES string of the molecule is CC1(C)CC=C(c2ccoc2)c2cc(-c3cccc(C(=O)O)c3NC=O)ccc21. The van der Waals surface area contributed by atoms with Crippen LogP contribution in [0, 0.1) is 0 Å². The first kappa shape index (κ1) is 18.7. The van der Waals surface area contributed by atoms with Gasteiger partial charge in [-0.05, 0) is 52.3 Å². The van der Waals surface area contributed by atoms with Crippen LogP contribution in [0.1, 0.15) is 47.3 Å². The van der Waals surface area contributed by atoms with Crippen LogP contribution in [0.25, 0.3) is 16.7 Å². The number of fused-ring (bicyclic) bond motifs is 1. The molecule has 29 heavy (non-hydrogen) atoms. The Morgan fingerprint density at radius 2 is 1.97 bits per heavy atom. The molecule has 4 rings (SSSR count). The maximum atomic E-state index is 11.6. The van der Waals surface area contributed by atoms with Crippen molar-refractivity contribution in [1.29, 1.82) is 0 Å². The molecule has 1 aromatic heterocycles. The summed E-state index contributed by atoms with van der Waals surface area (Å²) >= 11 is 0. The predicted octanol–water partition coefficient (Wildman–Crippen LogP) is 5.33. The number of carboxylic acid groups (broad SMARTS) is 1. The number of nitrogens with one attached hydrogen (secondary N) is 1. The number of carbonyl (C=O) groups excluding carboxylic acids is 1. The summed E-state index contributed by atoms with van der Waals surface area (Å²) in [5, 5.41) is 12.1. The van der Waals surface area contributed by atoms with E-state index in [1.807, 2.05) is 18.2 Å². The van der Waals surface area contributed by atoms with Crippen molar-refractivity contribution < 1.29 is 19.1 Å². The molecule has 0 atom stereocenters. The summed E-state index contributed by atoms with van der Waals surface area (Å²) in [5.41, 5.74) is 6.22. The summed E-state index contributed by atoms with van der Waals surface area (Å²) < 4.78 is 5.29. The molecule has 0 radical (unpaired) electrons. The number of anilines is 1. The van der Waals surface area contributed by atoms with E-state index in [0.29, 0.717) is 17.7 Å². The zero-order valence-corrected chi connectivity index (χ0v) is 16.2. The lowest BCUT2D eigenvalue weighted by Gasteiger charge is -2.32. The van der Waals surface area contributed by atoms with E-state index in [0.717, 1.165) is 28.7 Å². The first-order chi connectivity index (χ1) is 13.9. The molecule has 0 spiro atoms. The summed E-state index contributed by atoms with van der Waals surface area (Å²) in [7, 11) is 0. The highest BCUT2D eigenvalue weighted by Gasteiger charge is 2.29. The lowest BCUT2D eigenvalue weighted by atomic mass is 9.72. The van der Waals surface area contributed by atoms with Crippen molar-refractivity contribution in [3.8, 4) is 11.1 Å². The number of rotatable bonds is 5. The third-order valence-corrected chi connectivity index (χ3v) is 5.50. The van der Waals surface area contributed by atoms with Crippen molar-refractivity contribution in [2.75, 3.05) is 5.32 Å². The molecule has 0 fully saturated rings. The predicted molar refractivity (Wildman–Crippen MR) is 112 cm³/mol. The number of amides is 1. The van der Waals surface area contributed by atoms with E-state index < -0.39 is 5.97 Å². The fraction of sp³-hybridized carbons (Fsp3) is 0.167. The van der Waals surface area contributed by atoms with Crippen LogP contribution >= 0.6 is 0 Å². The van der Waals surface area contributed by atoms with Gasteiger partial charge in [-0.1, -0.05) is 44.2 Å². The van der Waals surface area contributed by atoms with Crippen LogP contribution in [0.2, 0.25) is 0 Å². The van der Waals surface area contributed by atoms with Crippen LogP contribution in [0.15, 0.2) is 65.5 Å². The average molecular weight is 387 g/mol. The number of furan rings is 1. The molecule has 5 heteroatoms. The van der Waals surface area contributed by atoms with Crippen molar-refractivity contribution in [1.82, 2.24) is 0 Å². The Balaban J connectivity index is 1.93. The largest absolute Gasteiger partial charge is 0.478 e. The Hall–Kier alpha value is -3.60. The number of hydrogen-bond donors (Lipinski definition) is 2. The molecular weight excluding hydrogens is 366 g/mol. The second-order valence-electron chi connectivity index (χ2n) is 7.77. The van der Waals surface area contributed by atoms with E-state index in [4.69, 9.17) is 4.42 Å². The van der Waals surface area contributed by atoms with Gasteiger partial charge in [0.25, 0.3) is 0 Å². The monoisotopic (exact) mass is 387 g/mol. The van der Waals surface area contributed by atoms with E-state index in [2.05, 4.69) is 37.4 Å². The maximum absolute atomic E-state index is 11.6. The van der Waals surface area contributed by atoms with E-state index in [-0.39, 0.29) is 11.0 Å². The van der Waals surface area contributed by atoms with Crippen molar-refractivity contribution >= 4 is 23.6 Å². The van der Waals surface area contributed by atoms with E-state index in [1.165, 1.54) is 11.6 Å². The Bertz CT molecular complexity index is 1120. The van der Waals surface area contributed by atoms with Gasteiger partial charge in [-0.3, -0.25) is 4.79 Å². The van der Waals surface area contributed by atoms with Crippen LogP contribution in [-0.4, -0.2) is 17.5 Å². The molecule has 1 aliphatic carbocycles. The fourth-order valence-electron chi connectivity index (χ4n) is 3.98. The molecule has 0 bridgehead atoms. The quantitative estimate of drug-likeness (QED) is 0.580. The molecule has 2 aromatic carbocycles. The van der Waals surface area contributed by atoms with Crippen LogP contribution in [0.3, 0.4) is 0 Å². The Morgan fingerprint density at radius 3 is 2.66 bits per heavy atom. The highest BCUT2D eigenvalue weighted by molar-refractivity contribution is 6.02. The zero-order valence-electron chi connectivity index (χ0n) is 16.2. The van der Waals surface area contributed by atoms with Gasteiger partial charge in [0.05, 0.1) is 23.8 Å². The van der Waals surface area contributed by atoms with Gasteiger partial charge in [-0.15, -0.1) is 0 Å². The first-order valence-corrected chi connectivity index (χ1v) is 9.37. The highest BCUT2D eigenvalue weighted by atomic mass is 16.4. The average Bonchev–Trinajstić information content (AvgIpc) is 3.22. The van der Waals surface area contributed by atoms with Gasteiger partial charge in [-0.2, -0.15) is 0 Å². The lowest BCUT2D eigenvalue weighted by molar-refractivity contribution is -0.105. The van der Waals surface area contributed by atoms with Crippen LogP contribution in [-0.2, 0) is 10.2 Å². The fourth-order valence-corrected chi connectivity index (χ4v) is 3.98. The van der Waals surface area contributed by atoms with Gasteiger partial charge in [0, 0.05) is 11.1 Å². The zero-order chi connectivity index (χ0) is 20.6. The molecule has 1 heterocycles. The van der Waals surface area contributed by atoms with Crippen LogP contribution in [0.4, 0.5) is 5.69 Å². The normalized spacial score (nSPS) is 14.6. The number of carbonyl (C=O) groups is 2. The molecule has 146 valence electrons. The first-order valence-electron chi connectivity index (χ1n) is 9.37. The topological polar surface area (TPSA) is 79.5 Å². The van der Waals surface area contributed by atoms with Gasteiger partial charge in [0.2, 0.25) is 6.41 Å². The summed E-state index contributed by atoms with van der Waals surface area (Å²) in [6, 6.07) is 13.1. The lowest BCUT2D eigenvalue weighted by Crippen LogP contribution is -2.21. The number of allylic oxidation sites excluding steroid dienone is 1. The third-order valence-electron chi connectivity index (χ3n) is 5.50. The van der Waals surface area contributed by atoms with Gasteiger partial charge < -0.3 is 14.8 Å². The Labute approximate surface area is 168 Å². The highest BCUT2D eigenvalue weighted by Crippen LogP contribution is 2.43. The molecule has 1 aliphatic rings. The van der Waals surface area contributed by atoms with Gasteiger partial charge >= 0.3 is 5.97 Å². The number of carboxylic acids is 1. The molecule has 0 aliphatic heterocycles. The second kappa shape index (κ2) is 7.09. The molecule has 5 nitrogen and oxygen atoms in total. The van der Waals surface area contributed by atoms with Gasteiger partial charge in [-0.25, -0.2) is 4.79 Å². The summed E-state index contributed by atoms with van der Waals surface area (Å²) in [5.74, 6) is -1.09. The van der Waals surface area contributed by atoms with E-state index in [9.17, 15) is 14.7 Å². The molecule has 3 aromatic rings. The number of para-hydroxylation sites is 1. The van der Waals surface area contributed by atoms with Crippen LogP contribution < -0.4 is 5.32 Å². The summed E-state index contributed by atoms with van der Waals surface area (Å²) in [6.45, 7) is 4.41. The Kier molecular flexibility index (Phi) is 4.59. The molecular formula is C24H21NO4. The minimum absolute atomic E-state index is 0.0200. The minimum Gasteiger partial charge on any atom is -0.478 e. The maximum Gasteiger partial charge on any atom is 0.337 e. The van der Waals surface area contributed by atoms with E-state index >= 15 is 0 Å². The molecule has 1 amide bonds. The Morgan fingerprint density at radius 1 is 1.14 bits per heavy atom. The second-order valence-corrected chi connectivity index (χ2v) is 7.77. The number of benzene rings is 2. The van der Waals surface area contributed by atoms with Gasteiger partial charge in [0.1, 0.15) is 0 Å². The molecule has 0 unspecified atom stereocenters. The van der Waals surface area contributed by atoms with Crippen molar-refractivity contribution in [2.45, 2.75) is 25.7 Å². The third kappa shape index (κ3) is 3.25. The molecule has 0 saturated carbocycles. The van der Waals surface area contributed by atoms with Crippen molar-refractivity contribution in [3.05, 3.63) is 83.3 Å². The standard InChI is InChI=1S/C24H21NO4/c1-24(2)10-8-17(16-9-11-29-13-16)20-12-15(6-7-21(20)24)18-4-3-5-19(23(27)28)22(18)25-14-26/h3-9,11-14H,10H2,1-2H3,(H,25,26)(H,27,28).